The Balaban J connectivity index is 1.47. The molecule has 0 amide bonds. The lowest BCUT2D eigenvalue weighted by molar-refractivity contribution is -0.0622. The van der Waals surface area contributed by atoms with E-state index in [1.165, 1.54) is 0 Å². The summed E-state index contributed by atoms with van der Waals surface area (Å²) in [6, 6.07) is 3.93. The number of aliphatic hydroxyl groups is 1. The number of hydrogen-bond donors (Lipinski definition) is 1. The van der Waals surface area contributed by atoms with E-state index in [1.54, 1.807) is 10.9 Å². The Labute approximate surface area is 123 Å². The normalized spacial score (nSPS) is 18.0. The quantitative estimate of drug-likeness (QED) is 0.869. The van der Waals surface area contributed by atoms with Crippen LogP contribution < -0.4 is 0 Å². The summed E-state index contributed by atoms with van der Waals surface area (Å²) in [5, 5.41) is 14.3. The molecule has 6 heteroatoms. The maximum atomic E-state index is 10.0. The molecule has 0 spiro atoms. The van der Waals surface area contributed by atoms with Crippen LogP contribution in [0.1, 0.15) is 12.8 Å². The Morgan fingerprint density at radius 3 is 2.86 bits per heavy atom. The van der Waals surface area contributed by atoms with Crippen molar-refractivity contribution in [2.45, 2.75) is 31.6 Å². The van der Waals surface area contributed by atoms with E-state index in [-0.39, 0.29) is 6.10 Å². The Kier molecular flexibility index (Phi) is 4.69. The van der Waals surface area contributed by atoms with Gasteiger partial charge in [0.2, 0.25) is 0 Å². The van der Waals surface area contributed by atoms with E-state index in [9.17, 15) is 5.11 Å². The molecule has 1 aliphatic rings. The van der Waals surface area contributed by atoms with E-state index in [4.69, 9.17) is 9.47 Å². The number of hydrogen-bond acceptors (Lipinski definition) is 4. The van der Waals surface area contributed by atoms with Crippen molar-refractivity contribution in [3.05, 3.63) is 36.9 Å². The second-order valence-corrected chi connectivity index (χ2v) is 5.31. The van der Waals surface area contributed by atoms with E-state index in [2.05, 4.69) is 5.10 Å². The number of aliphatic hydroxyl groups excluding tert-OH is 1. The van der Waals surface area contributed by atoms with Crippen molar-refractivity contribution in [1.29, 1.82) is 0 Å². The van der Waals surface area contributed by atoms with E-state index in [1.807, 2.05) is 35.3 Å². The number of aromatic nitrogens is 3. The third kappa shape index (κ3) is 3.93. The molecule has 3 heterocycles. The molecular formula is C15H21N3O3. The molecule has 0 radical (unpaired) electrons. The molecule has 1 unspecified atom stereocenters. The predicted octanol–water partition coefficient (Wildman–Crippen LogP) is 1.23. The minimum absolute atomic E-state index is 0.210. The largest absolute Gasteiger partial charge is 0.389 e. The Morgan fingerprint density at radius 2 is 2.10 bits per heavy atom. The zero-order valence-corrected chi connectivity index (χ0v) is 12.0. The average molecular weight is 291 g/mol. The molecule has 1 saturated heterocycles. The predicted molar refractivity (Wildman–Crippen MR) is 77.4 cm³/mol. The summed E-state index contributed by atoms with van der Waals surface area (Å²) in [7, 11) is 0. The third-order valence-corrected chi connectivity index (χ3v) is 3.61. The monoisotopic (exact) mass is 291 g/mol. The lowest BCUT2D eigenvalue weighted by Crippen LogP contribution is -2.29. The van der Waals surface area contributed by atoms with Gasteiger partial charge in [0.25, 0.3) is 0 Å². The summed E-state index contributed by atoms with van der Waals surface area (Å²) in [4.78, 5) is 0. The summed E-state index contributed by atoms with van der Waals surface area (Å²) in [6.45, 7) is 2.27. The molecule has 1 fully saturated rings. The van der Waals surface area contributed by atoms with Crippen LogP contribution in [0.4, 0.5) is 0 Å². The van der Waals surface area contributed by atoms with Gasteiger partial charge in [-0.1, -0.05) is 0 Å². The van der Waals surface area contributed by atoms with E-state index in [0.29, 0.717) is 13.2 Å². The van der Waals surface area contributed by atoms with Crippen molar-refractivity contribution >= 4 is 0 Å². The first kappa shape index (κ1) is 14.3. The van der Waals surface area contributed by atoms with Crippen molar-refractivity contribution in [1.82, 2.24) is 14.3 Å². The maximum absolute atomic E-state index is 10.0. The third-order valence-electron chi connectivity index (χ3n) is 3.61. The minimum Gasteiger partial charge on any atom is -0.389 e. The van der Waals surface area contributed by atoms with Gasteiger partial charge in [-0.3, -0.25) is 4.68 Å². The van der Waals surface area contributed by atoms with Gasteiger partial charge < -0.3 is 19.1 Å². The molecule has 0 aliphatic carbocycles. The summed E-state index contributed by atoms with van der Waals surface area (Å²) in [5.74, 6) is 0. The highest BCUT2D eigenvalue weighted by Gasteiger charge is 2.16. The average Bonchev–Trinajstić information content (AvgIpc) is 3.17. The zero-order chi connectivity index (χ0) is 14.5. The van der Waals surface area contributed by atoms with Crippen molar-refractivity contribution in [2.24, 2.45) is 0 Å². The molecule has 0 aromatic carbocycles. The molecule has 1 N–H and O–H groups in total. The van der Waals surface area contributed by atoms with Crippen LogP contribution in [0, 0.1) is 0 Å². The lowest BCUT2D eigenvalue weighted by atomic mass is 10.1. The number of rotatable bonds is 6. The smallest absolute Gasteiger partial charge is 0.0969 e. The van der Waals surface area contributed by atoms with Gasteiger partial charge in [-0.25, -0.2) is 0 Å². The highest BCUT2D eigenvalue weighted by Crippen LogP contribution is 2.11. The van der Waals surface area contributed by atoms with Crippen molar-refractivity contribution in [3.8, 4) is 5.69 Å². The molecule has 114 valence electrons. The molecular weight excluding hydrogens is 270 g/mol. The molecule has 1 atom stereocenters. The second kappa shape index (κ2) is 6.89. The highest BCUT2D eigenvalue weighted by atomic mass is 16.5. The van der Waals surface area contributed by atoms with Crippen LogP contribution in [-0.4, -0.2) is 51.5 Å². The molecule has 21 heavy (non-hydrogen) atoms. The molecule has 3 rings (SSSR count). The second-order valence-electron chi connectivity index (χ2n) is 5.31. The van der Waals surface area contributed by atoms with Crippen molar-refractivity contribution in [2.75, 3.05) is 19.8 Å². The van der Waals surface area contributed by atoms with Crippen LogP contribution in [0.15, 0.2) is 36.9 Å². The van der Waals surface area contributed by atoms with Crippen LogP contribution >= 0.6 is 0 Å². The van der Waals surface area contributed by atoms with E-state index >= 15 is 0 Å². The standard InChI is InChI=1S/C15H21N3O3/c19-14(12-21-15-3-7-20-8-4-15)11-18-10-13(9-16-18)17-5-1-2-6-17/h1-2,5-6,9-10,14-15,19H,3-4,7-8,11-12H2. The molecule has 0 bridgehead atoms. The van der Waals surface area contributed by atoms with Gasteiger partial charge in [0.05, 0.1) is 37.2 Å². The maximum Gasteiger partial charge on any atom is 0.0969 e. The fourth-order valence-electron chi connectivity index (χ4n) is 2.45. The van der Waals surface area contributed by atoms with Crippen LogP contribution in [0.5, 0.6) is 0 Å². The van der Waals surface area contributed by atoms with Crippen LogP contribution in [-0.2, 0) is 16.0 Å². The summed E-state index contributed by atoms with van der Waals surface area (Å²) in [5.41, 5.74) is 0.984. The van der Waals surface area contributed by atoms with Gasteiger partial charge in [0.15, 0.2) is 0 Å². The Hall–Kier alpha value is -1.63. The SMILES string of the molecule is OC(COC1CCOCC1)Cn1cc(-n2cccc2)cn1. The first-order valence-corrected chi connectivity index (χ1v) is 7.34. The number of nitrogens with zero attached hydrogens (tertiary/aromatic N) is 3. The molecule has 2 aromatic rings. The number of ether oxygens (including phenoxy) is 2. The van der Waals surface area contributed by atoms with Gasteiger partial charge in [0, 0.05) is 31.8 Å². The van der Waals surface area contributed by atoms with E-state index in [0.717, 1.165) is 31.7 Å². The topological polar surface area (TPSA) is 61.4 Å². The first-order chi connectivity index (χ1) is 10.3. The highest BCUT2D eigenvalue weighted by molar-refractivity contribution is 5.26. The van der Waals surface area contributed by atoms with Crippen LogP contribution in [0.25, 0.3) is 5.69 Å². The summed E-state index contributed by atoms with van der Waals surface area (Å²) < 4.78 is 14.7. The Morgan fingerprint density at radius 1 is 1.33 bits per heavy atom. The molecule has 1 aliphatic heterocycles. The molecule has 0 saturated carbocycles. The zero-order valence-electron chi connectivity index (χ0n) is 12.0. The van der Waals surface area contributed by atoms with Crippen molar-refractivity contribution < 1.29 is 14.6 Å². The first-order valence-electron chi connectivity index (χ1n) is 7.34. The fraction of sp³-hybridized carbons (Fsp3) is 0.533. The van der Waals surface area contributed by atoms with E-state index < -0.39 is 6.10 Å². The summed E-state index contributed by atoms with van der Waals surface area (Å²) >= 11 is 0. The van der Waals surface area contributed by atoms with Crippen molar-refractivity contribution in [3.63, 3.8) is 0 Å². The lowest BCUT2D eigenvalue weighted by Gasteiger charge is -2.23. The van der Waals surface area contributed by atoms with Crippen LogP contribution in [0.3, 0.4) is 0 Å². The molecule has 6 nitrogen and oxygen atoms in total. The van der Waals surface area contributed by atoms with Gasteiger partial charge >= 0.3 is 0 Å². The van der Waals surface area contributed by atoms with Gasteiger partial charge in [-0.2, -0.15) is 5.10 Å². The minimum atomic E-state index is -0.551. The van der Waals surface area contributed by atoms with Gasteiger partial charge in [-0.15, -0.1) is 0 Å². The van der Waals surface area contributed by atoms with Gasteiger partial charge in [-0.05, 0) is 25.0 Å². The molecule has 2 aromatic heterocycles. The summed E-state index contributed by atoms with van der Waals surface area (Å²) in [6.07, 6.45) is 9.10. The Bertz CT molecular complexity index is 532. The van der Waals surface area contributed by atoms with Gasteiger partial charge in [0.1, 0.15) is 0 Å². The fourth-order valence-corrected chi connectivity index (χ4v) is 2.45. The van der Waals surface area contributed by atoms with Crippen LogP contribution in [0.2, 0.25) is 0 Å².